The minimum Gasteiger partial charge on any atom is -0.495 e. The number of aryl methyl sites for hydroxylation is 1. The Morgan fingerprint density at radius 3 is 2.31 bits per heavy atom. The van der Waals surface area contributed by atoms with E-state index in [0.29, 0.717) is 53.9 Å². The quantitative estimate of drug-likeness (QED) is 0.172. The maximum Gasteiger partial charge on any atom is 0.338 e. The first-order valence-electron chi connectivity index (χ1n) is 16.1. The van der Waals surface area contributed by atoms with Crippen molar-refractivity contribution in [2.75, 3.05) is 78.6 Å². The van der Waals surface area contributed by atoms with E-state index in [4.69, 9.17) is 24.7 Å². The normalized spacial score (nSPS) is 14.2. The number of nitrogens with zero attached hydrogens (tertiary/aromatic N) is 3. The highest BCUT2D eigenvalue weighted by Crippen LogP contribution is 2.36. The summed E-state index contributed by atoms with van der Waals surface area (Å²) in [5.74, 6) is 1.04. The van der Waals surface area contributed by atoms with Crippen LogP contribution in [0.5, 0.6) is 17.2 Å². The summed E-state index contributed by atoms with van der Waals surface area (Å²) in [7, 11) is 5.13. The number of piperazine rings is 1. The summed E-state index contributed by atoms with van der Waals surface area (Å²) in [6.45, 7) is 8.52. The van der Waals surface area contributed by atoms with Crippen LogP contribution in [0, 0.1) is 6.92 Å². The number of ether oxygens (including phenoxy) is 4. The molecule has 12 nitrogen and oxygen atoms in total. The van der Waals surface area contributed by atoms with Gasteiger partial charge in [0.25, 0.3) is 0 Å². The Bertz CT molecular complexity index is 1560. The Balaban J connectivity index is 1.43. The second kappa shape index (κ2) is 17.5. The van der Waals surface area contributed by atoms with Gasteiger partial charge in [-0.05, 0) is 68.4 Å². The monoisotopic (exact) mass is 661 g/mol. The van der Waals surface area contributed by atoms with Crippen molar-refractivity contribution in [3.05, 3.63) is 77.4 Å². The molecule has 0 bridgehead atoms. The molecule has 1 fully saturated rings. The number of hydrogen-bond acceptors (Lipinski definition) is 10. The maximum atomic E-state index is 13.9. The van der Waals surface area contributed by atoms with Crippen LogP contribution in [0.15, 0.2) is 60.7 Å². The summed E-state index contributed by atoms with van der Waals surface area (Å²) < 4.78 is 22.1. The number of anilines is 2. The van der Waals surface area contributed by atoms with Gasteiger partial charge in [0.05, 0.1) is 43.8 Å². The highest BCUT2D eigenvalue weighted by atomic mass is 16.5. The van der Waals surface area contributed by atoms with Crippen molar-refractivity contribution < 1.29 is 33.3 Å². The fourth-order valence-corrected chi connectivity index (χ4v) is 5.70. The Labute approximate surface area is 282 Å². The number of primary amides is 1. The zero-order chi connectivity index (χ0) is 34.6. The minimum absolute atomic E-state index is 0.0738. The molecule has 3 aromatic rings. The van der Waals surface area contributed by atoms with E-state index in [-0.39, 0.29) is 24.9 Å². The van der Waals surface area contributed by atoms with E-state index in [0.717, 1.165) is 37.3 Å². The number of hydrogen-bond donors (Lipinski definition) is 2. The first kappa shape index (κ1) is 36.2. The molecule has 1 aliphatic rings. The van der Waals surface area contributed by atoms with E-state index in [1.165, 1.54) is 19.1 Å². The smallest absolute Gasteiger partial charge is 0.338 e. The fourth-order valence-electron chi connectivity index (χ4n) is 5.70. The third kappa shape index (κ3) is 9.24. The summed E-state index contributed by atoms with van der Waals surface area (Å²) in [6, 6.07) is 16.8. The molecule has 3 N–H and O–H groups in total. The molecule has 0 radical (unpaired) electrons. The minimum atomic E-state index is -0.635. The van der Waals surface area contributed by atoms with Crippen LogP contribution in [-0.2, 0) is 16.0 Å². The molecule has 48 heavy (non-hydrogen) atoms. The number of rotatable bonds is 16. The molecule has 1 aliphatic heterocycles. The number of ketones is 1. The van der Waals surface area contributed by atoms with Crippen molar-refractivity contribution in [1.82, 2.24) is 15.1 Å². The van der Waals surface area contributed by atoms with E-state index in [9.17, 15) is 14.4 Å². The van der Waals surface area contributed by atoms with E-state index in [1.807, 2.05) is 37.3 Å². The average Bonchev–Trinajstić information content (AvgIpc) is 3.08. The topological polar surface area (TPSA) is 136 Å². The Morgan fingerprint density at radius 1 is 0.917 bits per heavy atom. The standard InChI is InChI=1S/C36H47N5O7/c1-6-47-35(43)27-12-14-32(34(23-27)46-5)48-20-15-38-24-30(40-18-16-39(3)17-19-40)31(42)21-26-11-13-29(33(22-26)45-4)41(36(37)44)28-10-8-7-9-25(28)2/h7-14,22-23,30,38H,6,15-21,24H2,1-5H3,(H2,37,44). The number of amides is 2. The summed E-state index contributed by atoms with van der Waals surface area (Å²) in [4.78, 5) is 44.4. The number of benzene rings is 3. The van der Waals surface area contributed by atoms with Gasteiger partial charge in [0.2, 0.25) is 0 Å². The van der Waals surface area contributed by atoms with Crippen molar-refractivity contribution in [3.63, 3.8) is 0 Å². The fraction of sp³-hybridized carbons (Fsp3) is 0.417. The van der Waals surface area contributed by atoms with Crippen LogP contribution in [0.25, 0.3) is 0 Å². The van der Waals surface area contributed by atoms with Crippen molar-refractivity contribution in [2.24, 2.45) is 5.73 Å². The molecule has 1 heterocycles. The molecular weight excluding hydrogens is 614 g/mol. The van der Waals surface area contributed by atoms with Gasteiger partial charge in [-0.1, -0.05) is 24.3 Å². The van der Waals surface area contributed by atoms with Gasteiger partial charge < -0.3 is 34.9 Å². The van der Waals surface area contributed by atoms with E-state index >= 15 is 0 Å². The number of para-hydroxylation sites is 1. The van der Waals surface area contributed by atoms with E-state index in [2.05, 4.69) is 22.2 Å². The van der Waals surface area contributed by atoms with Gasteiger partial charge in [0.15, 0.2) is 17.3 Å². The predicted molar refractivity (Wildman–Crippen MR) is 185 cm³/mol. The Morgan fingerprint density at radius 2 is 1.65 bits per heavy atom. The van der Waals surface area contributed by atoms with Crippen LogP contribution in [0.3, 0.4) is 0 Å². The number of Topliss-reactive ketones (excluding diaryl/α,β-unsaturated/α-hetero) is 1. The molecule has 0 spiro atoms. The van der Waals surface area contributed by atoms with Crippen molar-refractivity contribution >= 4 is 29.2 Å². The maximum absolute atomic E-state index is 13.9. The lowest BCUT2D eigenvalue weighted by Gasteiger charge is -2.37. The molecule has 12 heteroatoms. The Kier molecular flexibility index (Phi) is 13.2. The van der Waals surface area contributed by atoms with Gasteiger partial charge in [0.1, 0.15) is 12.4 Å². The second-order valence-electron chi connectivity index (χ2n) is 11.6. The molecule has 2 amide bonds. The number of carbonyl (C=O) groups is 3. The third-order valence-electron chi connectivity index (χ3n) is 8.34. The molecule has 0 aliphatic carbocycles. The molecular formula is C36H47N5O7. The lowest BCUT2D eigenvalue weighted by molar-refractivity contribution is -0.124. The average molecular weight is 662 g/mol. The largest absolute Gasteiger partial charge is 0.495 e. The summed E-state index contributed by atoms with van der Waals surface area (Å²) >= 11 is 0. The number of likely N-dealkylation sites (N-methyl/N-ethyl adjacent to an activating group) is 1. The number of esters is 1. The van der Waals surface area contributed by atoms with Gasteiger partial charge >= 0.3 is 12.0 Å². The number of urea groups is 1. The third-order valence-corrected chi connectivity index (χ3v) is 8.34. The molecule has 258 valence electrons. The highest BCUT2D eigenvalue weighted by Gasteiger charge is 2.29. The number of nitrogens with two attached hydrogens (primary N) is 1. The summed E-state index contributed by atoms with van der Waals surface area (Å²) in [5.41, 5.74) is 9.02. The lowest BCUT2D eigenvalue weighted by Crippen LogP contribution is -2.55. The van der Waals surface area contributed by atoms with Crippen molar-refractivity contribution in [3.8, 4) is 17.2 Å². The lowest BCUT2D eigenvalue weighted by atomic mass is 10.0. The van der Waals surface area contributed by atoms with Gasteiger partial charge in [-0.2, -0.15) is 0 Å². The van der Waals surface area contributed by atoms with Gasteiger partial charge in [-0.25, -0.2) is 9.59 Å². The molecule has 3 aromatic carbocycles. The zero-order valence-corrected chi connectivity index (χ0v) is 28.5. The van der Waals surface area contributed by atoms with Gasteiger partial charge in [-0.15, -0.1) is 0 Å². The molecule has 4 rings (SSSR count). The molecule has 1 saturated heterocycles. The first-order valence-corrected chi connectivity index (χ1v) is 16.1. The summed E-state index contributed by atoms with van der Waals surface area (Å²) in [5, 5.41) is 3.40. The summed E-state index contributed by atoms with van der Waals surface area (Å²) in [6.07, 6.45) is 0.191. The molecule has 0 saturated carbocycles. The molecule has 0 aromatic heterocycles. The highest BCUT2D eigenvalue weighted by molar-refractivity contribution is 6.00. The predicted octanol–water partition coefficient (Wildman–Crippen LogP) is 3.80. The second-order valence-corrected chi connectivity index (χ2v) is 11.6. The van der Waals surface area contributed by atoms with Crippen molar-refractivity contribution in [1.29, 1.82) is 0 Å². The van der Waals surface area contributed by atoms with Crippen LogP contribution in [0.1, 0.15) is 28.4 Å². The molecule has 1 unspecified atom stereocenters. The number of carbonyl (C=O) groups excluding carboxylic acids is 3. The first-order chi connectivity index (χ1) is 23.2. The Hall–Kier alpha value is -4.65. The SMILES string of the molecule is CCOC(=O)c1ccc(OCCNCC(C(=O)Cc2ccc(N(C(N)=O)c3ccccc3C)c(OC)c2)N2CCN(C)CC2)c(OC)c1. The number of nitrogens with one attached hydrogen (secondary N) is 1. The van der Waals surface area contributed by atoms with Crippen molar-refractivity contribution in [2.45, 2.75) is 26.3 Å². The van der Waals surface area contributed by atoms with Crippen LogP contribution in [-0.4, -0.2) is 107 Å². The zero-order valence-electron chi connectivity index (χ0n) is 28.5. The van der Waals surface area contributed by atoms with Crippen LogP contribution in [0.4, 0.5) is 16.2 Å². The number of methoxy groups -OCH3 is 2. The van der Waals surface area contributed by atoms with Crippen LogP contribution in [0.2, 0.25) is 0 Å². The van der Waals surface area contributed by atoms with E-state index in [1.54, 1.807) is 37.3 Å². The van der Waals surface area contributed by atoms with Crippen LogP contribution < -0.4 is 30.2 Å². The van der Waals surface area contributed by atoms with Gasteiger partial charge in [-0.3, -0.25) is 14.6 Å². The molecule has 1 atom stereocenters. The van der Waals surface area contributed by atoms with Gasteiger partial charge in [0, 0.05) is 45.7 Å². The van der Waals surface area contributed by atoms with Crippen LogP contribution >= 0.6 is 0 Å². The van der Waals surface area contributed by atoms with E-state index < -0.39 is 12.0 Å².